The van der Waals surface area contributed by atoms with Crippen LogP contribution in [0.2, 0.25) is 0 Å². The topological polar surface area (TPSA) is 145 Å². The molecule has 2 fully saturated rings. The molecule has 2 rings (SSSR count). The van der Waals surface area contributed by atoms with Gasteiger partial charge in [-0.3, -0.25) is 0 Å². The molecule has 25 heavy (non-hydrogen) atoms. The van der Waals surface area contributed by atoms with E-state index in [2.05, 4.69) is 5.32 Å². The molecule has 0 amide bonds. The number of hydrogen-bond acceptors (Lipinski definition) is 10. The van der Waals surface area contributed by atoms with E-state index >= 15 is 0 Å². The fraction of sp³-hybridized carbons (Fsp3) is 1.00. The molecule has 0 aromatic heterocycles. The predicted octanol–water partition coefficient (Wildman–Crippen LogP) is -2.66. The molecule has 0 aromatic rings. The Bertz CT molecular complexity index is 415. The van der Waals surface area contributed by atoms with Crippen molar-refractivity contribution in [1.29, 1.82) is 0 Å². The van der Waals surface area contributed by atoms with E-state index in [0.29, 0.717) is 0 Å². The number of hydrogen-bond donors (Lipinski definition) is 5. The summed E-state index contributed by atoms with van der Waals surface area (Å²) in [5.74, 6) is -0.298. The van der Waals surface area contributed by atoms with E-state index in [0.717, 1.165) is 0 Å². The van der Waals surface area contributed by atoms with E-state index in [1.165, 1.54) is 14.2 Å². The van der Waals surface area contributed by atoms with Crippen LogP contribution in [0.4, 0.5) is 0 Å². The third-order valence-corrected chi connectivity index (χ3v) is 4.95. The number of nitrogens with one attached hydrogen (secondary N) is 1. The Labute approximate surface area is 147 Å². The average molecular weight is 366 g/mol. The lowest BCUT2D eigenvalue weighted by molar-refractivity contribution is -0.357. The second-order valence-corrected chi connectivity index (χ2v) is 6.40. The molecule has 0 saturated carbocycles. The van der Waals surface area contributed by atoms with Gasteiger partial charge < -0.3 is 50.1 Å². The van der Waals surface area contributed by atoms with Crippen LogP contribution in [0, 0.1) is 5.92 Å². The van der Waals surface area contributed by atoms with Gasteiger partial charge in [0.2, 0.25) is 0 Å². The van der Waals surface area contributed by atoms with Gasteiger partial charge in [-0.15, -0.1) is 0 Å². The van der Waals surface area contributed by atoms with Gasteiger partial charge in [0.1, 0.15) is 12.2 Å². The first-order valence-electron chi connectivity index (χ1n) is 8.31. The Morgan fingerprint density at radius 2 is 1.68 bits per heavy atom. The highest BCUT2D eigenvalue weighted by Gasteiger charge is 2.49. The van der Waals surface area contributed by atoms with E-state index < -0.39 is 55.4 Å². The smallest absolute Gasteiger partial charge is 0.189 e. The van der Waals surface area contributed by atoms with Gasteiger partial charge in [0.25, 0.3) is 0 Å². The Kier molecular flexibility index (Phi) is 7.52. The fourth-order valence-electron chi connectivity index (χ4n) is 3.26. The number of methoxy groups -OCH3 is 2. The third kappa shape index (κ3) is 4.14. The van der Waals surface area contributed by atoms with Crippen LogP contribution < -0.4 is 11.1 Å². The van der Waals surface area contributed by atoms with E-state index in [-0.39, 0.29) is 12.5 Å². The average Bonchev–Trinajstić information content (AvgIpc) is 2.62. The van der Waals surface area contributed by atoms with E-state index in [1.54, 1.807) is 14.0 Å². The molecule has 10 nitrogen and oxygen atoms in total. The standard InChI is InChI=1S/C15H30N2O8/c1-6-7(5-18)23-14(9(17-2)10(6)19)24-12-11(20)8(16)13(21-3)25-15(12)22-4/h6-15,17-20H,5,16H2,1-4H3/t6-,7?,8?,9?,10+,11?,12+,13-,14+,15-/m1/s1. The first-order valence-corrected chi connectivity index (χ1v) is 8.31. The summed E-state index contributed by atoms with van der Waals surface area (Å²) in [5, 5.41) is 33.4. The molecule has 2 heterocycles. The van der Waals surface area contributed by atoms with Crippen molar-refractivity contribution in [3.63, 3.8) is 0 Å². The number of ether oxygens (including phenoxy) is 5. The molecule has 0 aromatic carbocycles. The maximum absolute atomic E-state index is 10.5. The molecule has 148 valence electrons. The molecule has 10 atom stereocenters. The first-order chi connectivity index (χ1) is 11.9. The van der Waals surface area contributed by atoms with Crippen molar-refractivity contribution in [3.8, 4) is 0 Å². The molecule has 2 aliphatic heterocycles. The van der Waals surface area contributed by atoms with Gasteiger partial charge in [-0.1, -0.05) is 6.92 Å². The van der Waals surface area contributed by atoms with Crippen LogP contribution in [-0.4, -0.2) is 98.6 Å². The Balaban J connectivity index is 2.16. The number of nitrogens with two attached hydrogens (primary N) is 1. The van der Waals surface area contributed by atoms with Crippen molar-refractivity contribution in [1.82, 2.24) is 5.32 Å². The highest BCUT2D eigenvalue weighted by atomic mass is 16.8. The van der Waals surface area contributed by atoms with E-state index in [9.17, 15) is 15.3 Å². The maximum Gasteiger partial charge on any atom is 0.189 e. The summed E-state index contributed by atoms with van der Waals surface area (Å²) in [6, 6.07) is -1.42. The lowest BCUT2D eigenvalue weighted by Gasteiger charge is -2.47. The normalized spacial score (nSPS) is 48.5. The van der Waals surface area contributed by atoms with E-state index in [4.69, 9.17) is 29.4 Å². The molecule has 0 radical (unpaired) electrons. The summed E-state index contributed by atoms with van der Waals surface area (Å²) in [7, 11) is 4.48. The zero-order valence-corrected chi connectivity index (χ0v) is 14.9. The van der Waals surface area contributed by atoms with Crippen molar-refractivity contribution < 1.29 is 39.0 Å². The predicted molar refractivity (Wildman–Crippen MR) is 85.3 cm³/mol. The number of aliphatic hydroxyl groups is 3. The first kappa shape index (κ1) is 20.9. The molecule has 0 bridgehead atoms. The number of likely N-dealkylation sites (N-methyl/N-ethyl adjacent to an activating group) is 1. The lowest BCUT2D eigenvalue weighted by atomic mass is 9.89. The molecule has 2 aliphatic rings. The largest absolute Gasteiger partial charge is 0.394 e. The van der Waals surface area contributed by atoms with Gasteiger partial charge in [-0.2, -0.15) is 0 Å². The van der Waals surface area contributed by atoms with Crippen LogP contribution in [0.25, 0.3) is 0 Å². The van der Waals surface area contributed by atoms with Gasteiger partial charge in [0, 0.05) is 20.1 Å². The summed E-state index contributed by atoms with van der Waals surface area (Å²) < 4.78 is 27.5. The Morgan fingerprint density at radius 3 is 2.20 bits per heavy atom. The highest BCUT2D eigenvalue weighted by molar-refractivity contribution is 4.94. The van der Waals surface area contributed by atoms with Crippen LogP contribution in [0.15, 0.2) is 0 Å². The van der Waals surface area contributed by atoms with Gasteiger partial charge in [-0.05, 0) is 7.05 Å². The van der Waals surface area contributed by atoms with E-state index in [1.807, 2.05) is 0 Å². The van der Waals surface area contributed by atoms with Crippen molar-refractivity contribution in [2.24, 2.45) is 11.7 Å². The molecular formula is C15H30N2O8. The zero-order chi connectivity index (χ0) is 18.7. The summed E-state index contributed by atoms with van der Waals surface area (Å²) in [5.41, 5.74) is 5.93. The van der Waals surface area contributed by atoms with Crippen molar-refractivity contribution in [3.05, 3.63) is 0 Å². The van der Waals surface area contributed by atoms with Crippen LogP contribution in [-0.2, 0) is 23.7 Å². The Morgan fingerprint density at radius 1 is 1.04 bits per heavy atom. The van der Waals surface area contributed by atoms with Crippen LogP contribution in [0.1, 0.15) is 6.92 Å². The fourth-order valence-corrected chi connectivity index (χ4v) is 3.26. The van der Waals surface area contributed by atoms with Crippen LogP contribution in [0.3, 0.4) is 0 Å². The van der Waals surface area contributed by atoms with Crippen molar-refractivity contribution in [2.75, 3.05) is 27.9 Å². The lowest BCUT2D eigenvalue weighted by Crippen LogP contribution is -2.66. The number of aliphatic hydroxyl groups excluding tert-OH is 3. The quantitative estimate of drug-likeness (QED) is 0.338. The van der Waals surface area contributed by atoms with Crippen molar-refractivity contribution in [2.45, 2.75) is 62.3 Å². The van der Waals surface area contributed by atoms with Gasteiger partial charge >= 0.3 is 0 Å². The molecule has 10 heteroatoms. The Hall–Kier alpha value is -0.400. The minimum atomic E-state index is -1.14. The summed E-state index contributed by atoms with van der Waals surface area (Å²) in [6.07, 6.45) is -6.26. The van der Waals surface area contributed by atoms with Gasteiger partial charge in [0.05, 0.1) is 30.9 Å². The molecule has 6 N–H and O–H groups in total. The monoisotopic (exact) mass is 366 g/mol. The molecular weight excluding hydrogens is 336 g/mol. The second-order valence-electron chi connectivity index (χ2n) is 6.40. The summed E-state index contributed by atoms with van der Waals surface area (Å²) >= 11 is 0. The molecule has 2 saturated heterocycles. The maximum atomic E-state index is 10.5. The molecule has 4 unspecified atom stereocenters. The SMILES string of the molecule is CNC1[C@H](O[C@H]2C(O)C(N)[C@H](OC)O[C@H]2OC)OC(CO)[C@@H](C)[C@@H]1O. The third-order valence-electron chi connectivity index (χ3n) is 4.95. The summed E-state index contributed by atoms with van der Waals surface area (Å²) in [4.78, 5) is 0. The zero-order valence-electron chi connectivity index (χ0n) is 14.9. The molecule has 0 aliphatic carbocycles. The second kappa shape index (κ2) is 9.00. The summed E-state index contributed by atoms with van der Waals surface area (Å²) in [6.45, 7) is 1.51. The van der Waals surface area contributed by atoms with Crippen LogP contribution >= 0.6 is 0 Å². The molecule has 0 spiro atoms. The van der Waals surface area contributed by atoms with Gasteiger partial charge in [0.15, 0.2) is 18.9 Å². The van der Waals surface area contributed by atoms with Gasteiger partial charge in [-0.25, -0.2) is 0 Å². The minimum Gasteiger partial charge on any atom is -0.394 e. The number of rotatable bonds is 6. The van der Waals surface area contributed by atoms with Crippen molar-refractivity contribution >= 4 is 0 Å². The highest BCUT2D eigenvalue weighted by Crippen LogP contribution is 2.30. The minimum absolute atomic E-state index is 0.267. The van der Waals surface area contributed by atoms with Crippen LogP contribution in [0.5, 0.6) is 0 Å².